The molecule has 0 saturated carbocycles. The number of aromatic nitrogens is 1. The van der Waals surface area contributed by atoms with E-state index in [-0.39, 0.29) is 16.2 Å². The van der Waals surface area contributed by atoms with E-state index in [4.69, 9.17) is 9.47 Å². The number of rotatable bonds is 4. The predicted molar refractivity (Wildman–Crippen MR) is 92.1 cm³/mol. The summed E-state index contributed by atoms with van der Waals surface area (Å²) in [6.07, 6.45) is -4.52. The molecule has 26 heavy (non-hydrogen) atoms. The summed E-state index contributed by atoms with van der Waals surface area (Å²) in [5, 5.41) is 2.59. The number of para-hydroxylation sites is 1. The Labute approximate surface area is 150 Å². The Bertz CT molecular complexity index is 947. The van der Waals surface area contributed by atoms with Crippen LogP contribution in [0.3, 0.4) is 0 Å². The van der Waals surface area contributed by atoms with Gasteiger partial charge in [0, 0.05) is 11.6 Å². The van der Waals surface area contributed by atoms with Crippen LogP contribution in [0.1, 0.15) is 15.9 Å². The molecule has 3 rings (SSSR count). The molecular weight excluding hydrogens is 369 g/mol. The molecule has 0 fully saturated rings. The van der Waals surface area contributed by atoms with E-state index in [1.165, 1.54) is 38.5 Å². The van der Waals surface area contributed by atoms with Gasteiger partial charge in [0.2, 0.25) is 0 Å². The van der Waals surface area contributed by atoms with Crippen molar-refractivity contribution in [2.75, 3.05) is 19.5 Å². The Hall–Kier alpha value is -2.81. The summed E-state index contributed by atoms with van der Waals surface area (Å²) in [4.78, 5) is 16.4. The molecule has 0 radical (unpaired) electrons. The van der Waals surface area contributed by atoms with Crippen molar-refractivity contribution in [3.63, 3.8) is 0 Å². The first-order valence-electron chi connectivity index (χ1n) is 7.33. The predicted octanol–water partition coefficient (Wildman–Crippen LogP) is 4.58. The molecule has 5 nitrogen and oxygen atoms in total. The number of anilines is 1. The zero-order valence-electron chi connectivity index (χ0n) is 13.7. The van der Waals surface area contributed by atoms with Gasteiger partial charge in [-0.3, -0.25) is 10.1 Å². The summed E-state index contributed by atoms with van der Waals surface area (Å²) >= 11 is 0.965. The maximum absolute atomic E-state index is 13.1. The van der Waals surface area contributed by atoms with Crippen LogP contribution in [-0.4, -0.2) is 25.1 Å². The van der Waals surface area contributed by atoms with Gasteiger partial charge in [0.15, 0.2) is 5.13 Å². The summed E-state index contributed by atoms with van der Waals surface area (Å²) in [6, 6.07) is 8.37. The van der Waals surface area contributed by atoms with Gasteiger partial charge in [-0.15, -0.1) is 0 Å². The number of alkyl halides is 3. The highest BCUT2D eigenvalue weighted by Gasteiger charge is 2.33. The van der Waals surface area contributed by atoms with Crippen molar-refractivity contribution >= 4 is 32.6 Å². The molecule has 0 aliphatic carbocycles. The molecule has 0 aliphatic heterocycles. The molecule has 1 heterocycles. The largest absolute Gasteiger partial charge is 0.497 e. The van der Waals surface area contributed by atoms with E-state index in [0.29, 0.717) is 16.2 Å². The molecule has 1 amide bonds. The lowest BCUT2D eigenvalue weighted by atomic mass is 10.2. The first-order chi connectivity index (χ1) is 12.3. The number of fused-ring (bicyclic) bond motifs is 1. The van der Waals surface area contributed by atoms with Crippen LogP contribution in [0.25, 0.3) is 10.2 Å². The maximum Gasteiger partial charge on any atom is 0.418 e. The van der Waals surface area contributed by atoms with Crippen LogP contribution in [0.2, 0.25) is 0 Å². The molecule has 0 unspecified atom stereocenters. The summed E-state index contributed by atoms with van der Waals surface area (Å²) < 4.78 is 49.7. The number of nitrogens with zero attached hydrogens (tertiary/aromatic N) is 1. The first-order valence-corrected chi connectivity index (χ1v) is 8.14. The number of methoxy groups -OCH3 is 2. The fourth-order valence-electron chi connectivity index (χ4n) is 2.34. The Balaban J connectivity index is 1.93. The molecule has 0 spiro atoms. The summed E-state index contributed by atoms with van der Waals surface area (Å²) in [5.41, 5.74) is -0.796. The number of hydrogen-bond donors (Lipinski definition) is 1. The third-order valence-corrected chi connectivity index (χ3v) is 4.49. The second-order valence-electron chi connectivity index (χ2n) is 5.22. The van der Waals surface area contributed by atoms with Gasteiger partial charge in [0.25, 0.3) is 5.91 Å². The third-order valence-electron chi connectivity index (χ3n) is 3.56. The molecule has 2 aromatic carbocycles. The van der Waals surface area contributed by atoms with Crippen LogP contribution in [0, 0.1) is 0 Å². The average molecular weight is 382 g/mol. The lowest BCUT2D eigenvalue weighted by Crippen LogP contribution is -2.12. The molecule has 1 aromatic heterocycles. The molecular formula is C17H13F3N2O3S. The molecule has 0 saturated heterocycles. The van der Waals surface area contributed by atoms with Gasteiger partial charge in [0.1, 0.15) is 11.5 Å². The van der Waals surface area contributed by atoms with Gasteiger partial charge < -0.3 is 9.47 Å². The quantitative estimate of drug-likeness (QED) is 0.717. The fourth-order valence-corrected chi connectivity index (χ4v) is 3.23. The van der Waals surface area contributed by atoms with Crippen molar-refractivity contribution in [3.8, 4) is 11.5 Å². The standard InChI is InChI=1S/C17H13F3N2O3S/c1-24-10-6-9(7-11(8-10)25-2)15(23)22-16-21-14-12(17(18,19)20)4-3-5-13(14)26-16/h3-8H,1-2H3,(H,21,22,23). The number of nitrogens with one attached hydrogen (secondary N) is 1. The minimum atomic E-state index is -4.52. The van der Waals surface area contributed by atoms with Crippen LogP contribution in [0.4, 0.5) is 18.3 Å². The van der Waals surface area contributed by atoms with Gasteiger partial charge in [0.05, 0.1) is 30.0 Å². The molecule has 0 aliphatic rings. The summed E-state index contributed by atoms with van der Waals surface area (Å²) in [6.45, 7) is 0. The lowest BCUT2D eigenvalue weighted by molar-refractivity contribution is -0.136. The molecule has 1 N–H and O–H groups in total. The van der Waals surface area contributed by atoms with Gasteiger partial charge in [-0.1, -0.05) is 17.4 Å². The minimum Gasteiger partial charge on any atom is -0.497 e. The highest BCUT2D eigenvalue weighted by atomic mass is 32.1. The normalized spacial score (nSPS) is 11.4. The Morgan fingerprint density at radius 3 is 2.35 bits per heavy atom. The van der Waals surface area contributed by atoms with Crippen molar-refractivity contribution in [1.29, 1.82) is 0 Å². The Morgan fingerprint density at radius 1 is 1.12 bits per heavy atom. The molecule has 0 bridgehead atoms. The number of carbonyl (C=O) groups excluding carboxylic acids is 1. The number of carbonyl (C=O) groups is 1. The summed E-state index contributed by atoms with van der Waals surface area (Å²) in [7, 11) is 2.89. The van der Waals surface area contributed by atoms with Crippen LogP contribution >= 0.6 is 11.3 Å². The minimum absolute atomic E-state index is 0.0727. The number of amides is 1. The number of hydrogen-bond acceptors (Lipinski definition) is 5. The van der Waals surface area contributed by atoms with Gasteiger partial charge in [-0.2, -0.15) is 13.2 Å². The Morgan fingerprint density at radius 2 is 1.77 bits per heavy atom. The average Bonchev–Trinajstić information content (AvgIpc) is 3.02. The topological polar surface area (TPSA) is 60.5 Å². The van der Waals surface area contributed by atoms with E-state index in [1.54, 1.807) is 6.07 Å². The molecule has 9 heteroatoms. The smallest absolute Gasteiger partial charge is 0.418 e. The van der Waals surface area contributed by atoms with Crippen LogP contribution in [0.5, 0.6) is 11.5 Å². The first kappa shape index (κ1) is 18.0. The van der Waals surface area contributed by atoms with Crippen molar-refractivity contribution < 1.29 is 27.4 Å². The monoisotopic (exact) mass is 382 g/mol. The maximum atomic E-state index is 13.1. The van der Waals surface area contributed by atoms with Crippen LogP contribution < -0.4 is 14.8 Å². The van der Waals surface area contributed by atoms with E-state index >= 15 is 0 Å². The van der Waals surface area contributed by atoms with Crippen molar-refractivity contribution in [2.45, 2.75) is 6.18 Å². The van der Waals surface area contributed by atoms with Crippen molar-refractivity contribution in [2.24, 2.45) is 0 Å². The van der Waals surface area contributed by atoms with E-state index < -0.39 is 17.6 Å². The molecule has 0 atom stereocenters. The number of halogens is 3. The van der Waals surface area contributed by atoms with Crippen molar-refractivity contribution in [3.05, 3.63) is 47.5 Å². The van der Waals surface area contributed by atoms with E-state index in [1.807, 2.05) is 0 Å². The number of benzene rings is 2. The summed E-state index contributed by atoms with van der Waals surface area (Å²) in [5.74, 6) is 0.297. The molecule has 136 valence electrons. The van der Waals surface area contributed by atoms with Crippen molar-refractivity contribution in [1.82, 2.24) is 4.98 Å². The number of thiazole rings is 1. The van der Waals surface area contributed by atoms with E-state index in [9.17, 15) is 18.0 Å². The van der Waals surface area contributed by atoms with Gasteiger partial charge >= 0.3 is 6.18 Å². The van der Waals surface area contributed by atoms with E-state index in [0.717, 1.165) is 17.4 Å². The second kappa shape index (κ2) is 6.83. The highest BCUT2D eigenvalue weighted by molar-refractivity contribution is 7.22. The zero-order valence-corrected chi connectivity index (χ0v) is 14.5. The van der Waals surface area contributed by atoms with Gasteiger partial charge in [-0.25, -0.2) is 4.98 Å². The third kappa shape index (κ3) is 3.57. The SMILES string of the molecule is COc1cc(OC)cc(C(=O)Nc2nc3c(C(F)(F)F)cccc3s2)c1. The van der Waals surface area contributed by atoms with E-state index in [2.05, 4.69) is 10.3 Å². The zero-order chi connectivity index (χ0) is 18.9. The Kier molecular flexibility index (Phi) is 4.73. The second-order valence-corrected chi connectivity index (χ2v) is 6.26. The molecule has 3 aromatic rings. The highest BCUT2D eigenvalue weighted by Crippen LogP contribution is 2.37. The lowest BCUT2D eigenvalue weighted by Gasteiger charge is -2.08. The van der Waals surface area contributed by atoms with Crippen LogP contribution in [-0.2, 0) is 6.18 Å². The number of ether oxygens (including phenoxy) is 2. The fraction of sp³-hybridized carbons (Fsp3) is 0.176. The van der Waals surface area contributed by atoms with Gasteiger partial charge in [-0.05, 0) is 24.3 Å². The van der Waals surface area contributed by atoms with Crippen LogP contribution in [0.15, 0.2) is 36.4 Å².